The summed E-state index contributed by atoms with van der Waals surface area (Å²) in [4.78, 5) is 24.6. The van der Waals surface area contributed by atoms with E-state index in [1.54, 1.807) is 0 Å². The molecule has 3 N–H and O–H groups in total. The average Bonchev–Trinajstić information content (AvgIpc) is 3.39. The second-order valence-corrected chi connectivity index (χ2v) is 23.2. The number of carbonyl (C=O) groups excluding carboxylic acids is 2. The van der Waals surface area contributed by atoms with Crippen molar-refractivity contribution in [2.24, 2.45) is 0 Å². The number of unbranched alkanes of at least 4 members (excludes halogenated alkanes) is 50. The SMILES string of the molecule is CCCCCCC/C=C\CCCCCCCC(=O)OCCCCCCCCCCCCCCCCCCCCCC(=O)NC(CO)C(O)CCCCCCCCCCCCCCCCCCCCCCCCC. The number of ether oxygens (including phenoxy) is 1. The van der Waals surface area contributed by atoms with Gasteiger partial charge >= 0.3 is 5.97 Å². The molecule has 0 fully saturated rings. The second-order valence-electron chi connectivity index (χ2n) is 23.2. The minimum absolute atomic E-state index is 0.00175. The molecule has 434 valence electrons. The summed E-state index contributed by atoms with van der Waals surface area (Å²) in [7, 11) is 0. The van der Waals surface area contributed by atoms with Crippen LogP contribution in [0, 0.1) is 0 Å². The number of carbonyl (C=O) groups is 2. The molecule has 0 rings (SSSR count). The zero-order valence-electron chi connectivity index (χ0n) is 49.6. The number of hydrogen-bond acceptors (Lipinski definition) is 5. The number of aliphatic hydroxyl groups is 2. The number of hydrogen-bond donors (Lipinski definition) is 3. The number of esters is 1. The number of rotatable bonds is 63. The minimum atomic E-state index is -0.667. The molecule has 0 aromatic heterocycles. The van der Waals surface area contributed by atoms with Crippen LogP contribution in [0.5, 0.6) is 0 Å². The molecule has 2 atom stereocenters. The Kier molecular flexibility index (Phi) is 61.9. The van der Waals surface area contributed by atoms with Crippen LogP contribution < -0.4 is 5.32 Å². The van der Waals surface area contributed by atoms with E-state index < -0.39 is 12.1 Å². The topological polar surface area (TPSA) is 95.9 Å². The smallest absolute Gasteiger partial charge is 0.305 e. The van der Waals surface area contributed by atoms with Crippen LogP contribution in [0.15, 0.2) is 12.2 Å². The number of amides is 1. The van der Waals surface area contributed by atoms with E-state index in [1.165, 1.54) is 302 Å². The van der Waals surface area contributed by atoms with Crippen LogP contribution >= 0.6 is 0 Å². The molecule has 6 nitrogen and oxygen atoms in total. The monoisotopic (exact) mass is 1030 g/mol. The second kappa shape index (κ2) is 63.1. The van der Waals surface area contributed by atoms with E-state index in [0.717, 1.165) is 44.9 Å². The average molecular weight is 1030 g/mol. The van der Waals surface area contributed by atoms with E-state index in [4.69, 9.17) is 4.74 Å². The zero-order chi connectivity index (χ0) is 52.9. The molecule has 0 aliphatic rings. The van der Waals surface area contributed by atoms with Crippen LogP contribution in [0.3, 0.4) is 0 Å². The Bertz CT molecular complexity index is 1100. The highest BCUT2D eigenvalue weighted by Gasteiger charge is 2.20. The fourth-order valence-corrected chi connectivity index (χ4v) is 10.7. The van der Waals surface area contributed by atoms with Gasteiger partial charge in [0.15, 0.2) is 0 Å². The molecule has 0 radical (unpaired) electrons. The maximum atomic E-state index is 12.5. The summed E-state index contributed by atoms with van der Waals surface area (Å²) in [5.41, 5.74) is 0. The van der Waals surface area contributed by atoms with E-state index >= 15 is 0 Å². The molecule has 0 aromatic rings. The molecule has 0 heterocycles. The van der Waals surface area contributed by atoms with E-state index in [9.17, 15) is 19.8 Å². The van der Waals surface area contributed by atoms with Crippen molar-refractivity contribution in [3.05, 3.63) is 12.2 Å². The van der Waals surface area contributed by atoms with Crippen molar-refractivity contribution in [3.8, 4) is 0 Å². The summed E-state index contributed by atoms with van der Waals surface area (Å²) in [5, 5.41) is 23.4. The molecule has 2 unspecified atom stereocenters. The van der Waals surface area contributed by atoms with Crippen LogP contribution in [0.25, 0.3) is 0 Å². The highest BCUT2D eigenvalue weighted by molar-refractivity contribution is 5.76. The van der Waals surface area contributed by atoms with E-state index in [-0.39, 0.29) is 18.5 Å². The minimum Gasteiger partial charge on any atom is -0.466 e. The Morgan fingerprint density at radius 3 is 0.973 bits per heavy atom. The first-order chi connectivity index (χ1) is 36.0. The van der Waals surface area contributed by atoms with E-state index in [1.807, 2.05) is 0 Å². The van der Waals surface area contributed by atoms with Gasteiger partial charge in [-0.05, 0) is 51.4 Å². The lowest BCUT2D eigenvalue weighted by atomic mass is 10.0. The Balaban J connectivity index is 3.40. The summed E-state index contributed by atoms with van der Waals surface area (Å²) in [6, 6.07) is -0.544. The standard InChI is InChI=1S/C67H131NO5/c1-3-5-7-9-11-13-15-17-19-20-21-22-23-24-26-29-32-35-39-43-47-51-55-59-65(70)64(63-69)68-66(71)60-56-52-48-44-40-36-33-30-27-25-28-31-34-38-42-46-50-54-58-62-73-67(72)61-57-53-49-45-41-37-18-16-14-12-10-8-6-4-2/h16,18,64-65,69-70H,3-15,17,19-63H2,1-2H3,(H,68,71)/b18-16-. The molecule has 0 aliphatic heterocycles. The van der Waals surface area contributed by atoms with Crippen molar-refractivity contribution in [2.45, 2.75) is 392 Å². The number of allylic oxidation sites excluding steroid dienone is 2. The first kappa shape index (κ1) is 71.6. The van der Waals surface area contributed by atoms with Gasteiger partial charge in [0.2, 0.25) is 5.91 Å². The van der Waals surface area contributed by atoms with Crippen LogP contribution in [0.1, 0.15) is 380 Å². The van der Waals surface area contributed by atoms with Crippen LogP contribution in [-0.2, 0) is 14.3 Å². The van der Waals surface area contributed by atoms with Gasteiger partial charge in [-0.15, -0.1) is 0 Å². The predicted molar refractivity (Wildman–Crippen MR) is 320 cm³/mol. The van der Waals surface area contributed by atoms with Crippen molar-refractivity contribution < 1.29 is 24.5 Å². The maximum Gasteiger partial charge on any atom is 0.305 e. The molecule has 0 spiro atoms. The van der Waals surface area contributed by atoms with Gasteiger partial charge in [0.25, 0.3) is 0 Å². The largest absolute Gasteiger partial charge is 0.466 e. The van der Waals surface area contributed by atoms with Crippen molar-refractivity contribution in [1.29, 1.82) is 0 Å². The molecular formula is C67H131NO5. The molecule has 0 bridgehead atoms. The van der Waals surface area contributed by atoms with Crippen molar-refractivity contribution in [2.75, 3.05) is 13.2 Å². The lowest BCUT2D eigenvalue weighted by Gasteiger charge is -2.22. The lowest BCUT2D eigenvalue weighted by Crippen LogP contribution is -2.45. The lowest BCUT2D eigenvalue weighted by molar-refractivity contribution is -0.143. The van der Waals surface area contributed by atoms with Crippen molar-refractivity contribution in [3.63, 3.8) is 0 Å². The predicted octanol–water partition coefficient (Wildman–Crippen LogP) is 21.2. The van der Waals surface area contributed by atoms with E-state index in [0.29, 0.717) is 25.9 Å². The molecule has 6 heteroatoms. The van der Waals surface area contributed by atoms with Gasteiger partial charge in [-0.25, -0.2) is 0 Å². The van der Waals surface area contributed by atoms with Crippen LogP contribution in [-0.4, -0.2) is 47.4 Å². The summed E-state index contributed by atoms with van der Waals surface area (Å²) < 4.78 is 5.48. The van der Waals surface area contributed by atoms with Crippen molar-refractivity contribution in [1.82, 2.24) is 5.32 Å². The highest BCUT2D eigenvalue weighted by atomic mass is 16.5. The highest BCUT2D eigenvalue weighted by Crippen LogP contribution is 2.19. The Morgan fingerprint density at radius 2 is 0.644 bits per heavy atom. The van der Waals surface area contributed by atoms with E-state index in [2.05, 4.69) is 31.3 Å². The third-order valence-electron chi connectivity index (χ3n) is 15.8. The van der Waals surface area contributed by atoms with Gasteiger partial charge in [-0.1, -0.05) is 328 Å². The number of nitrogens with one attached hydrogen (secondary N) is 1. The first-order valence-electron chi connectivity index (χ1n) is 33.4. The van der Waals surface area contributed by atoms with Gasteiger partial charge in [0.05, 0.1) is 25.4 Å². The molecule has 1 amide bonds. The normalized spacial score (nSPS) is 12.5. The maximum absolute atomic E-state index is 12.5. The zero-order valence-corrected chi connectivity index (χ0v) is 49.6. The first-order valence-corrected chi connectivity index (χ1v) is 33.4. The Hall–Kier alpha value is -1.40. The third-order valence-corrected chi connectivity index (χ3v) is 15.8. The summed E-state index contributed by atoms with van der Waals surface area (Å²) >= 11 is 0. The Labute approximate surface area is 457 Å². The summed E-state index contributed by atoms with van der Waals surface area (Å²) in [6.07, 6.45) is 76.6. The third kappa shape index (κ3) is 59.7. The van der Waals surface area contributed by atoms with Gasteiger partial charge in [-0.3, -0.25) is 9.59 Å². The quantitative estimate of drug-likeness (QED) is 0.0320. The summed E-state index contributed by atoms with van der Waals surface area (Å²) in [5.74, 6) is -0.0315. The fourth-order valence-electron chi connectivity index (χ4n) is 10.7. The van der Waals surface area contributed by atoms with Crippen LogP contribution in [0.2, 0.25) is 0 Å². The molecule has 0 saturated heterocycles. The van der Waals surface area contributed by atoms with Gasteiger partial charge in [0, 0.05) is 12.8 Å². The number of aliphatic hydroxyl groups excluding tert-OH is 2. The molecule has 0 saturated carbocycles. The summed E-state index contributed by atoms with van der Waals surface area (Å²) in [6.45, 7) is 4.97. The molecule has 0 aromatic carbocycles. The van der Waals surface area contributed by atoms with Gasteiger partial charge in [-0.2, -0.15) is 0 Å². The molecular weight excluding hydrogens is 899 g/mol. The molecule has 0 aliphatic carbocycles. The van der Waals surface area contributed by atoms with Gasteiger partial charge in [0.1, 0.15) is 0 Å². The van der Waals surface area contributed by atoms with Crippen LogP contribution in [0.4, 0.5) is 0 Å². The van der Waals surface area contributed by atoms with Crippen molar-refractivity contribution >= 4 is 11.9 Å². The van der Waals surface area contributed by atoms with Gasteiger partial charge < -0.3 is 20.3 Å². The molecule has 73 heavy (non-hydrogen) atoms. The Morgan fingerprint density at radius 1 is 0.370 bits per heavy atom. The fraction of sp³-hybridized carbons (Fsp3) is 0.940.